The third-order valence-corrected chi connectivity index (χ3v) is 2.41. The van der Waals surface area contributed by atoms with Gasteiger partial charge in [0.15, 0.2) is 17.0 Å². The number of nitrogens with two attached hydrogens (primary N) is 1. The fraction of sp³-hybridized carbons (Fsp3) is 0.500. The number of hydrazine groups is 1. The number of fused-ring (bicyclic) bond motifs is 1. The van der Waals surface area contributed by atoms with Gasteiger partial charge in [-0.2, -0.15) is 0 Å². The molecule has 7 heteroatoms. The molecule has 0 aromatic carbocycles. The Kier molecular flexibility index (Phi) is 2.46. The normalized spacial score (nSPS) is 13.0. The fourth-order valence-corrected chi connectivity index (χ4v) is 1.34. The summed E-state index contributed by atoms with van der Waals surface area (Å²) in [5.41, 5.74) is 3.77. The second kappa shape index (κ2) is 3.77. The summed E-state index contributed by atoms with van der Waals surface area (Å²) in [7, 11) is 0. The number of anilines is 1. The molecule has 2 rings (SSSR count). The molecule has 80 valence electrons. The number of hydrogen-bond acceptors (Lipinski definition) is 6. The maximum atomic E-state index is 5.32. The van der Waals surface area contributed by atoms with Crippen LogP contribution < -0.4 is 11.3 Å². The third kappa shape index (κ3) is 1.50. The summed E-state index contributed by atoms with van der Waals surface area (Å²) in [4.78, 5) is 8.11. The molecule has 2 heterocycles. The minimum atomic E-state index is 0.260. The van der Waals surface area contributed by atoms with E-state index < -0.39 is 0 Å². The van der Waals surface area contributed by atoms with E-state index in [0.717, 1.165) is 6.42 Å². The molecule has 0 amide bonds. The summed E-state index contributed by atoms with van der Waals surface area (Å²) in [6.07, 6.45) is 2.41. The maximum Gasteiger partial charge on any atom is 0.184 e. The fourth-order valence-electron chi connectivity index (χ4n) is 1.34. The van der Waals surface area contributed by atoms with E-state index in [9.17, 15) is 0 Å². The number of nitrogens with zero attached hydrogens (tertiary/aromatic N) is 5. The first-order chi connectivity index (χ1) is 7.27. The third-order valence-electron chi connectivity index (χ3n) is 2.41. The van der Waals surface area contributed by atoms with Gasteiger partial charge in [0, 0.05) is 0 Å². The predicted octanol–water partition coefficient (Wildman–Crippen LogP) is 0.478. The van der Waals surface area contributed by atoms with Crippen molar-refractivity contribution in [3.05, 3.63) is 6.33 Å². The molecule has 0 bridgehead atoms. The first-order valence-electron chi connectivity index (χ1n) is 4.80. The Morgan fingerprint density at radius 3 is 3.00 bits per heavy atom. The van der Waals surface area contributed by atoms with Gasteiger partial charge in [-0.3, -0.25) is 0 Å². The van der Waals surface area contributed by atoms with E-state index in [1.807, 2.05) is 0 Å². The molecular weight excluding hydrogens is 194 g/mol. The highest BCUT2D eigenvalue weighted by Gasteiger charge is 2.13. The van der Waals surface area contributed by atoms with Crippen molar-refractivity contribution in [3.8, 4) is 0 Å². The van der Waals surface area contributed by atoms with Crippen molar-refractivity contribution in [2.45, 2.75) is 26.3 Å². The van der Waals surface area contributed by atoms with Crippen molar-refractivity contribution in [3.63, 3.8) is 0 Å². The number of nitrogens with one attached hydrogen (secondary N) is 1. The SMILES string of the molecule is CCC(C)n1nnc2c(NN)ncnc21. The molecule has 2 aromatic rings. The van der Waals surface area contributed by atoms with Crippen LogP contribution in [0.2, 0.25) is 0 Å². The van der Waals surface area contributed by atoms with Gasteiger partial charge >= 0.3 is 0 Å². The molecule has 2 aromatic heterocycles. The molecule has 0 aliphatic heterocycles. The van der Waals surface area contributed by atoms with Gasteiger partial charge in [-0.25, -0.2) is 20.5 Å². The van der Waals surface area contributed by atoms with Gasteiger partial charge in [-0.05, 0) is 13.3 Å². The van der Waals surface area contributed by atoms with Gasteiger partial charge in [0.25, 0.3) is 0 Å². The topological polar surface area (TPSA) is 94.5 Å². The van der Waals surface area contributed by atoms with Crippen LogP contribution in [0.3, 0.4) is 0 Å². The van der Waals surface area contributed by atoms with Crippen LogP contribution >= 0.6 is 0 Å². The second-order valence-corrected chi connectivity index (χ2v) is 3.33. The lowest BCUT2D eigenvalue weighted by molar-refractivity contribution is 0.475. The summed E-state index contributed by atoms with van der Waals surface area (Å²) in [5.74, 6) is 5.81. The van der Waals surface area contributed by atoms with Crippen LogP contribution in [0.25, 0.3) is 11.2 Å². The highest BCUT2D eigenvalue weighted by Crippen LogP contribution is 2.19. The lowest BCUT2D eigenvalue weighted by Gasteiger charge is -2.08. The van der Waals surface area contributed by atoms with E-state index in [1.165, 1.54) is 6.33 Å². The number of aromatic nitrogens is 5. The minimum absolute atomic E-state index is 0.260. The Morgan fingerprint density at radius 1 is 1.53 bits per heavy atom. The van der Waals surface area contributed by atoms with E-state index in [1.54, 1.807) is 4.68 Å². The van der Waals surface area contributed by atoms with Gasteiger partial charge < -0.3 is 5.43 Å². The smallest absolute Gasteiger partial charge is 0.184 e. The van der Waals surface area contributed by atoms with Crippen molar-refractivity contribution in [2.75, 3.05) is 5.43 Å². The molecule has 1 atom stereocenters. The van der Waals surface area contributed by atoms with Crippen molar-refractivity contribution in [2.24, 2.45) is 5.84 Å². The minimum Gasteiger partial charge on any atom is -0.306 e. The Balaban J connectivity index is 2.60. The Bertz CT molecular complexity index is 463. The zero-order valence-corrected chi connectivity index (χ0v) is 8.68. The molecule has 1 unspecified atom stereocenters. The standard InChI is InChI=1S/C8H13N7/c1-3-5(2)15-8-6(13-14-15)7(12-9)10-4-11-8/h4-5H,3,9H2,1-2H3,(H,10,11,12). The molecule has 0 saturated carbocycles. The van der Waals surface area contributed by atoms with Gasteiger partial charge in [0.2, 0.25) is 0 Å². The van der Waals surface area contributed by atoms with E-state index in [0.29, 0.717) is 17.0 Å². The van der Waals surface area contributed by atoms with E-state index in [-0.39, 0.29) is 6.04 Å². The quantitative estimate of drug-likeness (QED) is 0.561. The number of nitrogen functional groups attached to an aromatic ring is 1. The second-order valence-electron chi connectivity index (χ2n) is 3.33. The number of rotatable bonds is 3. The van der Waals surface area contributed by atoms with Crippen molar-refractivity contribution in [1.29, 1.82) is 0 Å². The van der Waals surface area contributed by atoms with Crippen molar-refractivity contribution >= 4 is 17.0 Å². The molecule has 0 saturated heterocycles. The highest BCUT2D eigenvalue weighted by atomic mass is 15.5. The lowest BCUT2D eigenvalue weighted by Crippen LogP contribution is -2.10. The zero-order valence-electron chi connectivity index (χ0n) is 8.68. The average Bonchev–Trinajstić information content (AvgIpc) is 2.71. The Hall–Kier alpha value is -1.76. The molecule has 7 nitrogen and oxygen atoms in total. The van der Waals surface area contributed by atoms with Crippen LogP contribution in [0.5, 0.6) is 0 Å². The highest BCUT2D eigenvalue weighted by molar-refractivity contribution is 5.81. The summed E-state index contributed by atoms with van der Waals surface area (Å²) in [6.45, 7) is 4.15. The average molecular weight is 207 g/mol. The molecule has 0 radical (unpaired) electrons. The lowest BCUT2D eigenvalue weighted by atomic mass is 10.3. The van der Waals surface area contributed by atoms with Crippen molar-refractivity contribution in [1.82, 2.24) is 25.0 Å². The molecular formula is C8H13N7. The van der Waals surface area contributed by atoms with Crippen molar-refractivity contribution < 1.29 is 0 Å². The summed E-state index contributed by atoms with van der Waals surface area (Å²) in [5, 5.41) is 8.05. The molecule has 15 heavy (non-hydrogen) atoms. The van der Waals surface area contributed by atoms with Crippen LogP contribution in [0.1, 0.15) is 26.3 Å². The molecule has 0 aliphatic rings. The van der Waals surface area contributed by atoms with Crippen LogP contribution in [-0.4, -0.2) is 25.0 Å². The summed E-state index contributed by atoms with van der Waals surface area (Å²) >= 11 is 0. The van der Waals surface area contributed by atoms with Crippen LogP contribution in [0.4, 0.5) is 5.82 Å². The summed E-state index contributed by atoms with van der Waals surface area (Å²) in [6, 6.07) is 0.260. The monoisotopic (exact) mass is 207 g/mol. The summed E-state index contributed by atoms with van der Waals surface area (Å²) < 4.78 is 1.78. The molecule has 0 fully saturated rings. The Morgan fingerprint density at radius 2 is 2.33 bits per heavy atom. The number of hydrogen-bond donors (Lipinski definition) is 2. The van der Waals surface area contributed by atoms with E-state index in [2.05, 4.69) is 39.6 Å². The van der Waals surface area contributed by atoms with Gasteiger partial charge in [0.05, 0.1) is 6.04 Å². The van der Waals surface area contributed by atoms with Gasteiger partial charge in [0.1, 0.15) is 6.33 Å². The maximum absolute atomic E-state index is 5.32. The van der Waals surface area contributed by atoms with E-state index in [4.69, 9.17) is 5.84 Å². The first-order valence-corrected chi connectivity index (χ1v) is 4.80. The van der Waals surface area contributed by atoms with E-state index >= 15 is 0 Å². The molecule has 0 aliphatic carbocycles. The van der Waals surface area contributed by atoms with Crippen LogP contribution in [0.15, 0.2) is 6.33 Å². The van der Waals surface area contributed by atoms with Crippen LogP contribution in [0, 0.1) is 0 Å². The van der Waals surface area contributed by atoms with Gasteiger partial charge in [-0.1, -0.05) is 12.1 Å². The molecule has 0 spiro atoms. The largest absolute Gasteiger partial charge is 0.306 e. The predicted molar refractivity (Wildman–Crippen MR) is 55.9 cm³/mol. The molecule has 3 N–H and O–H groups in total. The van der Waals surface area contributed by atoms with Gasteiger partial charge in [-0.15, -0.1) is 5.10 Å². The Labute approximate surface area is 86.7 Å². The first kappa shape index (κ1) is 9.78. The zero-order chi connectivity index (χ0) is 10.8. The van der Waals surface area contributed by atoms with Crippen LogP contribution in [-0.2, 0) is 0 Å².